The molecule has 0 radical (unpaired) electrons. The van der Waals surface area contributed by atoms with Crippen LogP contribution < -0.4 is 0 Å². The summed E-state index contributed by atoms with van der Waals surface area (Å²) in [6.07, 6.45) is 11.6. The van der Waals surface area contributed by atoms with Crippen molar-refractivity contribution in [1.82, 2.24) is 0 Å². The second-order valence-electron chi connectivity index (χ2n) is 12.0. The van der Waals surface area contributed by atoms with Crippen LogP contribution in [0.15, 0.2) is 0 Å². The lowest BCUT2D eigenvalue weighted by Crippen LogP contribution is -2.49. The molecule has 3 aliphatic carbocycles. The molecular formula is C27H44O6. The zero-order chi connectivity index (χ0) is 22.9. The average Bonchev–Trinajstić information content (AvgIpc) is 3.69. The van der Waals surface area contributed by atoms with Gasteiger partial charge in [0.05, 0.1) is 64.4 Å². The molecule has 6 nitrogen and oxygen atoms in total. The molecule has 0 spiro atoms. The molecule has 0 aromatic rings. The van der Waals surface area contributed by atoms with Gasteiger partial charge in [0.2, 0.25) is 0 Å². The monoisotopic (exact) mass is 464 g/mol. The fourth-order valence-electron chi connectivity index (χ4n) is 6.07. The van der Waals surface area contributed by atoms with Crippen molar-refractivity contribution >= 4 is 5.97 Å². The molecule has 188 valence electrons. The first-order chi connectivity index (χ1) is 16.0. The third-order valence-electron chi connectivity index (χ3n) is 9.40. The Morgan fingerprint density at radius 2 is 1.52 bits per heavy atom. The molecule has 0 N–H and O–H groups in total. The van der Waals surface area contributed by atoms with E-state index in [2.05, 4.69) is 13.8 Å². The minimum atomic E-state index is 0.0826. The van der Waals surface area contributed by atoms with Gasteiger partial charge in [-0.05, 0) is 75.5 Å². The highest BCUT2D eigenvalue weighted by molar-refractivity contribution is 5.72. The lowest BCUT2D eigenvalue weighted by Gasteiger charge is -2.44. The van der Waals surface area contributed by atoms with Crippen LogP contribution in [0.4, 0.5) is 0 Å². The van der Waals surface area contributed by atoms with Gasteiger partial charge >= 0.3 is 5.97 Å². The number of esters is 1. The minimum Gasteiger partial charge on any atom is -0.465 e. The van der Waals surface area contributed by atoms with Gasteiger partial charge in [0, 0.05) is 10.8 Å². The molecule has 6 aliphatic rings. The quantitative estimate of drug-likeness (QED) is 0.372. The van der Waals surface area contributed by atoms with E-state index in [1.807, 2.05) is 0 Å². The second kappa shape index (κ2) is 10.1. The van der Waals surface area contributed by atoms with Crippen molar-refractivity contribution < 1.29 is 28.5 Å². The van der Waals surface area contributed by atoms with Crippen LogP contribution in [0.2, 0.25) is 0 Å². The number of fused-ring (bicyclic) bond motifs is 2. The normalized spacial score (nSPS) is 38.8. The Morgan fingerprint density at radius 1 is 0.818 bits per heavy atom. The van der Waals surface area contributed by atoms with E-state index >= 15 is 0 Å². The Labute approximate surface area is 199 Å². The number of ether oxygens (including phenoxy) is 5. The summed E-state index contributed by atoms with van der Waals surface area (Å²) in [7, 11) is 0. The van der Waals surface area contributed by atoms with Gasteiger partial charge in [-0.1, -0.05) is 13.8 Å². The smallest absolute Gasteiger partial charge is 0.308 e. The molecule has 3 saturated carbocycles. The summed E-state index contributed by atoms with van der Waals surface area (Å²) in [5.74, 6) is 2.65. The van der Waals surface area contributed by atoms with Gasteiger partial charge in [-0.2, -0.15) is 0 Å². The largest absolute Gasteiger partial charge is 0.465 e. The van der Waals surface area contributed by atoms with Crippen molar-refractivity contribution in [2.45, 2.75) is 83.8 Å². The first-order valence-corrected chi connectivity index (χ1v) is 13.6. The molecule has 6 atom stereocenters. The van der Waals surface area contributed by atoms with Crippen LogP contribution >= 0.6 is 0 Å². The van der Waals surface area contributed by atoms with Crippen LogP contribution in [0.25, 0.3) is 0 Å². The molecule has 6 unspecified atom stereocenters. The SMILES string of the molecule is CCC1(COCC2(CC)COC2)COC1.O=C(OCC1CCC2OC2C1)C1CCC2CC2C1. The van der Waals surface area contributed by atoms with Gasteiger partial charge in [-0.3, -0.25) is 4.79 Å². The van der Waals surface area contributed by atoms with Crippen LogP contribution in [0.3, 0.4) is 0 Å². The number of epoxide rings is 1. The molecule has 0 aromatic heterocycles. The summed E-state index contributed by atoms with van der Waals surface area (Å²) in [5, 5.41) is 0. The van der Waals surface area contributed by atoms with Gasteiger partial charge < -0.3 is 23.7 Å². The summed E-state index contributed by atoms with van der Waals surface area (Å²) in [5.41, 5.74) is 0.638. The highest BCUT2D eigenvalue weighted by atomic mass is 16.6. The molecule has 3 heterocycles. The average molecular weight is 465 g/mol. The van der Waals surface area contributed by atoms with E-state index in [4.69, 9.17) is 23.7 Å². The molecule has 0 aromatic carbocycles. The van der Waals surface area contributed by atoms with Crippen molar-refractivity contribution in [2.75, 3.05) is 46.2 Å². The van der Waals surface area contributed by atoms with Crippen molar-refractivity contribution in [2.24, 2.45) is 34.5 Å². The Morgan fingerprint density at radius 3 is 2.06 bits per heavy atom. The predicted molar refractivity (Wildman–Crippen MR) is 124 cm³/mol. The summed E-state index contributed by atoms with van der Waals surface area (Å²) in [6, 6.07) is 0. The number of carbonyl (C=O) groups excluding carboxylic acids is 1. The van der Waals surface area contributed by atoms with E-state index in [0.29, 0.717) is 35.6 Å². The lowest BCUT2D eigenvalue weighted by atomic mass is 9.83. The summed E-state index contributed by atoms with van der Waals surface area (Å²) >= 11 is 0. The van der Waals surface area contributed by atoms with Crippen LogP contribution in [-0.2, 0) is 28.5 Å². The van der Waals surface area contributed by atoms with Crippen molar-refractivity contribution in [3.63, 3.8) is 0 Å². The number of hydrogen-bond acceptors (Lipinski definition) is 6. The first kappa shape index (κ1) is 24.0. The molecular weight excluding hydrogens is 420 g/mol. The van der Waals surface area contributed by atoms with E-state index in [1.165, 1.54) is 25.7 Å². The van der Waals surface area contributed by atoms with Crippen LogP contribution in [0.5, 0.6) is 0 Å². The topological polar surface area (TPSA) is 66.5 Å². The zero-order valence-electron chi connectivity index (χ0n) is 20.7. The number of hydrogen-bond donors (Lipinski definition) is 0. The van der Waals surface area contributed by atoms with Crippen molar-refractivity contribution in [1.29, 1.82) is 0 Å². The van der Waals surface area contributed by atoms with Crippen molar-refractivity contribution in [3.8, 4) is 0 Å². The van der Waals surface area contributed by atoms with E-state index in [9.17, 15) is 4.79 Å². The van der Waals surface area contributed by atoms with E-state index in [1.54, 1.807) is 0 Å². The minimum absolute atomic E-state index is 0.0826. The molecule has 6 heteroatoms. The van der Waals surface area contributed by atoms with Crippen LogP contribution in [0.1, 0.15) is 71.6 Å². The highest BCUT2D eigenvalue weighted by Crippen LogP contribution is 2.51. The first-order valence-electron chi connectivity index (χ1n) is 13.6. The third kappa shape index (κ3) is 5.76. The third-order valence-corrected chi connectivity index (χ3v) is 9.40. The standard InChI is InChI=1S/C15H22O3.C12H22O3/c16-15(11-3-2-10-6-12(10)7-11)17-8-9-1-4-13-14(5-9)18-13;1-3-11(5-13-6-11)9-15-10-12(4-2)7-14-8-12/h9-14H,1-8H2;3-10H2,1-2H3. The molecule has 6 rings (SSSR count). The summed E-state index contributed by atoms with van der Waals surface area (Å²) in [4.78, 5) is 12.0. The maximum absolute atomic E-state index is 12.0. The van der Waals surface area contributed by atoms with Gasteiger partial charge in [0.1, 0.15) is 0 Å². The molecule has 3 aliphatic heterocycles. The number of rotatable bonds is 9. The fraction of sp³-hybridized carbons (Fsp3) is 0.963. The van der Waals surface area contributed by atoms with E-state index < -0.39 is 0 Å². The molecule has 33 heavy (non-hydrogen) atoms. The van der Waals surface area contributed by atoms with Gasteiger partial charge in [0.25, 0.3) is 0 Å². The van der Waals surface area contributed by atoms with Crippen molar-refractivity contribution in [3.05, 3.63) is 0 Å². The fourth-order valence-corrected chi connectivity index (χ4v) is 6.07. The molecule has 0 bridgehead atoms. The van der Waals surface area contributed by atoms with Gasteiger partial charge in [-0.25, -0.2) is 0 Å². The Hall–Kier alpha value is -0.690. The Balaban J connectivity index is 0.000000141. The summed E-state index contributed by atoms with van der Waals surface area (Å²) in [6.45, 7) is 10.3. The maximum atomic E-state index is 12.0. The summed E-state index contributed by atoms with van der Waals surface area (Å²) < 4.78 is 27.5. The van der Waals surface area contributed by atoms with E-state index in [-0.39, 0.29) is 11.9 Å². The van der Waals surface area contributed by atoms with Gasteiger partial charge in [0.15, 0.2) is 0 Å². The predicted octanol–water partition coefficient (Wildman–Crippen LogP) is 4.39. The Bertz CT molecular complexity index is 639. The Kier molecular flexibility index (Phi) is 7.37. The van der Waals surface area contributed by atoms with Gasteiger partial charge in [-0.15, -0.1) is 0 Å². The zero-order valence-corrected chi connectivity index (χ0v) is 20.7. The number of carbonyl (C=O) groups is 1. The lowest BCUT2D eigenvalue weighted by molar-refractivity contribution is -0.187. The van der Waals surface area contributed by atoms with Crippen LogP contribution in [0, 0.1) is 34.5 Å². The van der Waals surface area contributed by atoms with E-state index in [0.717, 1.165) is 83.6 Å². The second-order valence-corrected chi connectivity index (χ2v) is 12.0. The molecule has 6 fully saturated rings. The highest BCUT2D eigenvalue weighted by Gasteiger charge is 2.46. The molecule has 3 saturated heterocycles. The maximum Gasteiger partial charge on any atom is 0.308 e. The molecule has 0 amide bonds. The van der Waals surface area contributed by atoms with Crippen LogP contribution in [-0.4, -0.2) is 64.4 Å².